The second-order valence-electron chi connectivity index (χ2n) is 10.0. The number of para-hydroxylation sites is 2. The van der Waals surface area contributed by atoms with Gasteiger partial charge in [0.1, 0.15) is 6.04 Å². The topological polar surface area (TPSA) is 176 Å². The van der Waals surface area contributed by atoms with Crippen molar-refractivity contribution in [3.63, 3.8) is 0 Å². The van der Waals surface area contributed by atoms with Crippen molar-refractivity contribution in [2.24, 2.45) is 0 Å². The van der Waals surface area contributed by atoms with Crippen molar-refractivity contribution in [2.45, 2.75) is 83.3 Å². The molecule has 220 valence electrons. The van der Waals surface area contributed by atoms with Crippen molar-refractivity contribution in [3.05, 3.63) is 47.5 Å². The quantitative estimate of drug-likeness (QED) is 0.0765. The van der Waals surface area contributed by atoms with Crippen LogP contribution < -0.4 is 10.6 Å². The molecule has 0 bridgehead atoms. The number of benzene rings is 2. The van der Waals surface area contributed by atoms with Crippen molar-refractivity contribution >= 4 is 17.5 Å². The molecular weight excluding hydrogens is 516 g/mol. The van der Waals surface area contributed by atoms with E-state index in [0.29, 0.717) is 19.4 Å². The Bertz CT molecular complexity index is 1120. The maximum atomic E-state index is 12.6. The van der Waals surface area contributed by atoms with Gasteiger partial charge in [-0.2, -0.15) is 0 Å². The SMILES string of the molecule is C[C@@H](O)[C@H](NC(=O)c1cccc(O)c1O)C(=O)CCCNCCCCCCCCCC(=O)c1cccc(O)c1O. The zero-order valence-electron chi connectivity index (χ0n) is 23.1. The van der Waals surface area contributed by atoms with Gasteiger partial charge in [-0.15, -0.1) is 0 Å². The summed E-state index contributed by atoms with van der Waals surface area (Å²) in [5, 5.41) is 54.4. The van der Waals surface area contributed by atoms with E-state index in [1.165, 1.54) is 37.3 Å². The third-order valence-corrected chi connectivity index (χ3v) is 6.72. The van der Waals surface area contributed by atoms with Crippen molar-refractivity contribution < 1.29 is 39.9 Å². The van der Waals surface area contributed by atoms with Gasteiger partial charge in [-0.3, -0.25) is 14.4 Å². The maximum Gasteiger partial charge on any atom is 0.255 e. The summed E-state index contributed by atoms with van der Waals surface area (Å²) in [4.78, 5) is 37.2. The molecule has 2 aromatic rings. The van der Waals surface area contributed by atoms with Crippen molar-refractivity contribution in [1.29, 1.82) is 0 Å². The lowest BCUT2D eigenvalue weighted by molar-refractivity contribution is -0.123. The number of phenolic OH excluding ortho intramolecular Hbond substituents is 4. The minimum Gasteiger partial charge on any atom is -0.504 e. The molecule has 0 spiro atoms. The molecule has 0 saturated heterocycles. The molecule has 7 N–H and O–H groups in total. The van der Waals surface area contributed by atoms with Gasteiger partial charge in [-0.05, 0) is 63.5 Å². The van der Waals surface area contributed by atoms with Gasteiger partial charge in [0.2, 0.25) is 0 Å². The van der Waals surface area contributed by atoms with E-state index in [0.717, 1.165) is 51.5 Å². The Morgan fingerprint density at radius 2 is 1.23 bits per heavy atom. The summed E-state index contributed by atoms with van der Waals surface area (Å²) in [6, 6.07) is 7.23. The van der Waals surface area contributed by atoms with Crippen LogP contribution in [0.1, 0.15) is 91.8 Å². The monoisotopic (exact) mass is 558 g/mol. The highest BCUT2D eigenvalue weighted by Gasteiger charge is 2.26. The van der Waals surface area contributed by atoms with Crippen LogP contribution in [0.15, 0.2) is 36.4 Å². The molecule has 0 heterocycles. The summed E-state index contributed by atoms with van der Waals surface area (Å²) in [5.74, 6) is -2.90. The van der Waals surface area contributed by atoms with Gasteiger partial charge in [0.05, 0.1) is 17.2 Å². The van der Waals surface area contributed by atoms with Crippen LogP contribution in [-0.4, -0.2) is 68.2 Å². The molecular formula is C30H42N2O8. The Balaban J connectivity index is 1.51. The highest BCUT2D eigenvalue weighted by molar-refractivity contribution is 6.00. The molecule has 0 aliphatic rings. The van der Waals surface area contributed by atoms with Gasteiger partial charge >= 0.3 is 0 Å². The Hall–Kier alpha value is -3.63. The number of hydrogen-bond acceptors (Lipinski definition) is 9. The lowest BCUT2D eigenvalue weighted by Crippen LogP contribution is -2.47. The number of aliphatic hydroxyl groups is 1. The summed E-state index contributed by atoms with van der Waals surface area (Å²) in [7, 11) is 0. The predicted molar refractivity (Wildman–Crippen MR) is 151 cm³/mol. The highest BCUT2D eigenvalue weighted by atomic mass is 16.3. The highest BCUT2D eigenvalue weighted by Crippen LogP contribution is 2.30. The van der Waals surface area contributed by atoms with Gasteiger partial charge in [-0.1, -0.05) is 44.2 Å². The third-order valence-electron chi connectivity index (χ3n) is 6.72. The van der Waals surface area contributed by atoms with Crippen LogP contribution in [0, 0.1) is 0 Å². The summed E-state index contributed by atoms with van der Waals surface area (Å²) in [5.41, 5.74) is -0.0150. The minimum atomic E-state index is -1.12. The van der Waals surface area contributed by atoms with E-state index in [1.807, 2.05) is 0 Å². The molecule has 0 aliphatic heterocycles. The van der Waals surface area contributed by atoms with Crippen molar-refractivity contribution in [2.75, 3.05) is 13.1 Å². The lowest BCUT2D eigenvalue weighted by Gasteiger charge is -2.20. The average Bonchev–Trinajstić information content (AvgIpc) is 2.92. The number of phenols is 4. The Morgan fingerprint density at radius 1 is 0.700 bits per heavy atom. The number of ketones is 2. The number of Topliss-reactive ketones (excluding diaryl/α,β-unsaturated/α-hetero) is 2. The van der Waals surface area contributed by atoms with Gasteiger partial charge in [0.25, 0.3) is 5.91 Å². The zero-order valence-corrected chi connectivity index (χ0v) is 23.1. The summed E-state index contributed by atoms with van der Waals surface area (Å²) in [6.45, 7) is 2.86. The zero-order chi connectivity index (χ0) is 29.5. The van der Waals surface area contributed by atoms with Crippen molar-refractivity contribution in [1.82, 2.24) is 10.6 Å². The average molecular weight is 559 g/mol. The van der Waals surface area contributed by atoms with E-state index in [9.17, 15) is 39.9 Å². The molecule has 1 amide bonds. The standard InChI is InChI=1S/C30H42N2O8/c1-20(33)27(32-30(40)22-13-10-16-26(37)29(22)39)24(35)17-11-19-31-18-8-6-4-2-3-5-7-14-23(34)21-12-9-15-25(36)28(21)38/h9-10,12-13,15-16,20,27,31,33,36-39H,2-8,11,14,17-19H2,1H3,(H,32,40)/t20-,27+/m1/s1. The molecule has 0 radical (unpaired) electrons. The number of nitrogens with one attached hydrogen (secondary N) is 2. The fourth-order valence-corrected chi connectivity index (χ4v) is 4.38. The van der Waals surface area contributed by atoms with Crippen LogP contribution in [0.25, 0.3) is 0 Å². The summed E-state index contributed by atoms with van der Waals surface area (Å²) in [6.07, 6.45) is 6.89. The molecule has 0 fully saturated rings. The van der Waals surface area contributed by atoms with Crippen LogP contribution in [0.5, 0.6) is 23.0 Å². The molecule has 0 unspecified atom stereocenters. The third kappa shape index (κ3) is 10.5. The Morgan fingerprint density at radius 3 is 1.85 bits per heavy atom. The predicted octanol–water partition coefficient (Wildman–Crippen LogP) is 3.93. The lowest BCUT2D eigenvalue weighted by atomic mass is 10.0. The second kappa shape index (κ2) is 17.1. The fraction of sp³-hybridized carbons (Fsp3) is 0.500. The van der Waals surface area contributed by atoms with E-state index >= 15 is 0 Å². The maximum absolute atomic E-state index is 12.6. The van der Waals surface area contributed by atoms with Gasteiger partial charge < -0.3 is 36.2 Å². The number of carbonyl (C=O) groups excluding carboxylic acids is 3. The molecule has 10 nitrogen and oxygen atoms in total. The first kappa shape index (κ1) is 32.6. The molecule has 2 aromatic carbocycles. The fourth-order valence-electron chi connectivity index (χ4n) is 4.38. The summed E-state index contributed by atoms with van der Waals surface area (Å²) >= 11 is 0. The van der Waals surface area contributed by atoms with Crippen LogP contribution >= 0.6 is 0 Å². The smallest absolute Gasteiger partial charge is 0.255 e. The second-order valence-corrected chi connectivity index (χ2v) is 10.0. The largest absolute Gasteiger partial charge is 0.504 e. The van der Waals surface area contributed by atoms with Crippen LogP contribution in [0.2, 0.25) is 0 Å². The molecule has 0 saturated carbocycles. The molecule has 10 heteroatoms. The van der Waals surface area contributed by atoms with Crippen LogP contribution in [0.4, 0.5) is 0 Å². The first-order chi connectivity index (χ1) is 19.1. The number of carbonyl (C=O) groups is 3. The minimum absolute atomic E-state index is 0.164. The Labute approximate surface area is 235 Å². The van der Waals surface area contributed by atoms with E-state index in [4.69, 9.17) is 0 Å². The first-order valence-corrected chi connectivity index (χ1v) is 13.9. The van der Waals surface area contributed by atoms with E-state index in [2.05, 4.69) is 10.6 Å². The number of amides is 1. The first-order valence-electron chi connectivity index (χ1n) is 13.9. The van der Waals surface area contributed by atoms with Crippen LogP contribution in [0.3, 0.4) is 0 Å². The number of hydrogen-bond donors (Lipinski definition) is 7. The molecule has 0 aromatic heterocycles. The molecule has 2 atom stereocenters. The number of rotatable bonds is 19. The summed E-state index contributed by atoms with van der Waals surface area (Å²) < 4.78 is 0. The molecule has 40 heavy (non-hydrogen) atoms. The van der Waals surface area contributed by atoms with Crippen LogP contribution in [-0.2, 0) is 4.79 Å². The number of aliphatic hydroxyl groups excluding tert-OH is 1. The van der Waals surface area contributed by atoms with E-state index in [-0.39, 0.29) is 40.6 Å². The number of unbranched alkanes of at least 4 members (excludes halogenated alkanes) is 6. The van der Waals surface area contributed by atoms with Crippen molar-refractivity contribution in [3.8, 4) is 23.0 Å². The van der Waals surface area contributed by atoms with Gasteiger partial charge in [0.15, 0.2) is 34.6 Å². The Kier molecular flexibility index (Phi) is 14.0. The van der Waals surface area contributed by atoms with Gasteiger partial charge in [-0.25, -0.2) is 0 Å². The normalized spacial score (nSPS) is 12.6. The van der Waals surface area contributed by atoms with E-state index < -0.39 is 29.6 Å². The molecule has 0 aliphatic carbocycles. The van der Waals surface area contributed by atoms with Gasteiger partial charge in [0, 0.05) is 12.8 Å². The number of aromatic hydroxyl groups is 4. The molecule has 2 rings (SSSR count). The van der Waals surface area contributed by atoms with E-state index in [1.54, 1.807) is 6.07 Å².